The lowest BCUT2D eigenvalue weighted by Crippen LogP contribution is -2.09. The van der Waals surface area contributed by atoms with Gasteiger partial charge in [0.2, 0.25) is 0 Å². The van der Waals surface area contributed by atoms with Gasteiger partial charge in [0, 0.05) is 5.56 Å². The molecule has 0 saturated heterocycles. The van der Waals surface area contributed by atoms with Crippen LogP contribution in [0.5, 0.6) is 5.75 Å². The van der Waals surface area contributed by atoms with E-state index in [-0.39, 0.29) is 6.54 Å². The summed E-state index contributed by atoms with van der Waals surface area (Å²) in [4.78, 5) is 0. The van der Waals surface area contributed by atoms with E-state index in [1.54, 1.807) is 36.4 Å². The molecule has 0 unspecified atom stereocenters. The minimum atomic E-state index is -4.48. The SMILES string of the molecule is C=C/C=C(\C)Cn1nc(C(F)(F)F)cc1-c1ccc(OC)cc1.CC. The van der Waals surface area contributed by atoms with E-state index in [1.807, 2.05) is 20.8 Å². The predicted octanol–water partition coefficient (Wildman–Crippen LogP) is 5.74. The molecule has 2 rings (SSSR count). The van der Waals surface area contributed by atoms with Crippen LogP contribution in [0.4, 0.5) is 13.2 Å². The Hall–Kier alpha value is -2.50. The number of methoxy groups -OCH3 is 1. The molecule has 25 heavy (non-hydrogen) atoms. The maximum atomic E-state index is 13.0. The quantitative estimate of drug-likeness (QED) is 0.642. The number of aromatic nitrogens is 2. The van der Waals surface area contributed by atoms with E-state index in [1.165, 1.54) is 11.8 Å². The molecule has 0 radical (unpaired) electrons. The number of benzene rings is 1. The van der Waals surface area contributed by atoms with Crippen molar-refractivity contribution in [3.63, 3.8) is 0 Å². The number of halogens is 3. The van der Waals surface area contributed by atoms with Gasteiger partial charge in [-0.05, 0) is 37.3 Å². The standard InChI is InChI=1S/C17H17F3N2O.C2H6/c1-4-5-12(2)11-22-15(10-16(21-22)17(18,19)20)13-6-8-14(23-3)9-7-13;1-2/h4-10H,1,11H2,2-3H3;1-2H3/b12-5+;. The van der Waals surface area contributed by atoms with Gasteiger partial charge < -0.3 is 4.74 Å². The molecule has 1 aromatic carbocycles. The summed E-state index contributed by atoms with van der Waals surface area (Å²) >= 11 is 0. The van der Waals surface area contributed by atoms with Crippen molar-refractivity contribution in [2.45, 2.75) is 33.5 Å². The Kier molecular flexibility index (Phi) is 7.48. The molecule has 3 nitrogen and oxygen atoms in total. The van der Waals surface area contributed by atoms with E-state index in [0.717, 1.165) is 11.6 Å². The van der Waals surface area contributed by atoms with Crippen LogP contribution in [0.3, 0.4) is 0 Å². The second kappa shape index (κ2) is 9.11. The second-order valence-corrected chi connectivity index (χ2v) is 5.05. The molecule has 0 amide bonds. The molecule has 0 aliphatic rings. The Balaban J connectivity index is 0.00000151. The van der Waals surface area contributed by atoms with Gasteiger partial charge in [-0.25, -0.2) is 0 Å². The van der Waals surface area contributed by atoms with Gasteiger partial charge in [-0.2, -0.15) is 18.3 Å². The van der Waals surface area contributed by atoms with Crippen molar-refractivity contribution >= 4 is 0 Å². The molecule has 0 aliphatic heterocycles. The van der Waals surface area contributed by atoms with Gasteiger partial charge in [0.1, 0.15) is 5.75 Å². The van der Waals surface area contributed by atoms with Crippen LogP contribution in [-0.4, -0.2) is 16.9 Å². The van der Waals surface area contributed by atoms with E-state index in [2.05, 4.69) is 11.7 Å². The third-order valence-corrected chi connectivity index (χ3v) is 3.26. The summed E-state index contributed by atoms with van der Waals surface area (Å²) < 4.78 is 45.3. The molecular formula is C19H23F3N2O. The van der Waals surface area contributed by atoms with Crippen molar-refractivity contribution < 1.29 is 17.9 Å². The van der Waals surface area contributed by atoms with E-state index < -0.39 is 11.9 Å². The topological polar surface area (TPSA) is 27.1 Å². The molecule has 0 aliphatic carbocycles. The number of allylic oxidation sites excluding steroid dienone is 3. The van der Waals surface area contributed by atoms with Crippen molar-refractivity contribution in [1.82, 2.24) is 9.78 Å². The summed E-state index contributed by atoms with van der Waals surface area (Å²) in [7, 11) is 1.53. The number of nitrogens with zero attached hydrogens (tertiary/aromatic N) is 2. The summed E-state index contributed by atoms with van der Waals surface area (Å²) in [6.07, 6.45) is -1.15. The van der Waals surface area contributed by atoms with E-state index >= 15 is 0 Å². The summed E-state index contributed by atoms with van der Waals surface area (Å²) in [5.41, 5.74) is 0.985. The fourth-order valence-corrected chi connectivity index (χ4v) is 2.16. The van der Waals surface area contributed by atoms with E-state index in [0.29, 0.717) is 17.0 Å². The van der Waals surface area contributed by atoms with Gasteiger partial charge in [-0.3, -0.25) is 4.68 Å². The van der Waals surface area contributed by atoms with Crippen molar-refractivity contribution in [2.24, 2.45) is 0 Å². The maximum Gasteiger partial charge on any atom is 0.435 e. The Bertz CT molecular complexity index is 713. The first-order valence-electron chi connectivity index (χ1n) is 7.93. The van der Waals surface area contributed by atoms with Crippen molar-refractivity contribution in [2.75, 3.05) is 7.11 Å². The second-order valence-electron chi connectivity index (χ2n) is 5.05. The van der Waals surface area contributed by atoms with Gasteiger partial charge in [-0.15, -0.1) is 0 Å². The molecule has 0 atom stereocenters. The third kappa shape index (κ3) is 5.52. The fourth-order valence-electron chi connectivity index (χ4n) is 2.16. The third-order valence-electron chi connectivity index (χ3n) is 3.26. The highest BCUT2D eigenvalue weighted by Gasteiger charge is 2.35. The van der Waals surface area contributed by atoms with Gasteiger partial charge >= 0.3 is 6.18 Å². The summed E-state index contributed by atoms with van der Waals surface area (Å²) in [6, 6.07) is 7.87. The van der Waals surface area contributed by atoms with Crippen LogP contribution in [0, 0.1) is 0 Å². The molecule has 0 spiro atoms. The van der Waals surface area contributed by atoms with Crippen molar-refractivity contribution in [3.05, 3.63) is 60.3 Å². The van der Waals surface area contributed by atoms with Crippen LogP contribution in [-0.2, 0) is 12.7 Å². The zero-order valence-electron chi connectivity index (χ0n) is 14.9. The first-order chi connectivity index (χ1) is 11.8. The van der Waals surface area contributed by atoms with Crippen molar-refractivity contribution in [1.29, 1.82) is 0 Å². The van der Waals surface area contributed by atoms with Gasteiger partial charge in [-0.1, -0.05) is 38.2 Å². The molecule has 1 aromatic heterocycles. The van der Waals surface area contributed by atoms with E-state index in [9.17, 15) is 13.2 Å². The van der Waals surface area contributed by atoms with Gasteiger partial charge in [0.15, 0.2) is 5.69 Å². The molecule has 6 heteroatoms. The van der Waals surface area contributed by atoms with Crippen LogP contribution < -0.4 is 4.74 Å². The molecule has 1 heterocycles. The smallest absolute Gasteiger partial charge is 0.435 e. The number of hydrogen-bond acceptors (Lipinski definition) is 2. The maximum absolute atomic E-state index is 13.0. The first-order valence-corrected chi connectivity index (χ1v) is 7.93. The first kappa shape index (κ1) is 20.5. The molecule has 0 fully saturated rings. The lowest BCUT2D eigenvalue weighted by molar-refractivity contribution is -0.141. The number of ether oxygens (including phenoxy) is 1. The molecular weight excluding hydrogens is 329 g/mol. The van der Waals surface area contributed by atoms with Crippen LogP contribution in [0.1, 0.15) is 26.5 Å². The molecule has 0 bridgehead atoms. The van der Waals surface area contributed by atoms with Crippen molar-refractivity contribution in [3.8, 4) is 17.0 Å². The lowest BCUT2D eigenvalue weighted by atomic mass is 10.1. The minimum absolute atomic E-state index is 0.253. The largest absolute Gasteiger partial charge is 0.497 e. The summed E-state index contributed by atoms with van der Waals surface area (Å²) in [5.74, 6) is 0.638. The highest BCUT2D eigenvalue weighted by Crippen LogP contribution is 2.32. The Labute approximate surface area is 146 Å². The van der Waals surface area contributed by atoms with E-state index in [4.69, 9.17) is 4.74 Å². The molecule has 0 saturated carbocycles. The fraction of sp³-hybridized carbons (Fsp3) is 0.316. The number of rotatable bonds is 5. The Morgan fingerprint density at radius 2 is 1.84 bits per heavy atom. The normalized spacial score (nSPS) is 11.6. The Morgan fingerprint density at radius 1 is 1.24 bits per heavy atom. The molecule has 136 valence electrons. The summed E-state index contributed by atoms with van der Waals surface area (Å²) in [6.45, 7) is 9.65. The predicted molar refractivity (Wildman–Crippen MR) is 94.5 cm³/mol. The number of alkyl halides is 3. The van der Waals surface area contributed by atoms with Crippen LogP contribution in [0.15, 0.2) is 54.6 Å². The van der Waals surface area contributed by atoms with Gasteiger partial charge in [0.25, 0.3) is 0 Å². The van der Waals surface area contributed by atoms with Gasteiger partial charge in [0.05, 0.1) is 19.3 Å². The average Bonchev–Trinajstić information content (AvgIpc) is 3.01. The Morgan fingerprint density at radius 3 is 2.32 bits per heavy atom. The zero-order valence-corrected chi connectivity index (χ0v) is 14.9. The zero-order chi connectivity index (χ0) is 19.0. The monoisotopic (exact) mass is 352 g/mol. The molecule has 0 N–H and O–H groups in total. The minimum Gasteiger partial charge on any atom is -0.497 e. The van der Waals surface area contributed by atoms with Crippen LogP contribution in [0.2, 0.25) is 0 Å². The van der Waals surface area contributed by atoms with Crippen LogP contribution >= 0.6 is 0 Å². The summed E-state index contributed by atoms with van der Waals surface area (Å²) in [5, 5.41) is 3.71. The molecule has 2 aromatic rings. The average molecular weight is 352 g/mol. The van der Waals surface area contributed by atoms with Crippen LogP contribution in [0.25, 0.3) is 11.3 Å². The highest BCUT2D eigenvalue weighted by molar-refractivity contribution is 5.61. The highest BCUT2D eigenvalue weighted by atomic mass is 19.4. The lowest BCUT2D eigenvalue weighted by Gasteiger charge is -2.08. The number of hydrogen-bond donors (Lipinski definition) is 0.